The minimum atomic E-state index is -0.512. The van der Waals surface area contributed by atoms with Crippen molar-refractivity contribution in [2.75, 3.05) is 38.5 Å². The number of nitrogens with zero attached hydrogens (tertiary/aromatic N) is 2. The lowest BCUT2D eigenvalue weighted by molar-refractivity contribution is 0.102. The zero-order chi connectivity index (χ0) is 16.9. The lowest BCUT2D eigenvalue weighted by atomic mass is 10.1. The molecule has 0 atom stereocenters. The van der Waals surface area contributed by atoms with Crippen LogP contribution in [0.1, 0.15) is 15.9 Å². The van der Waals surface area contributed by atoms with Gasteiger partial charge in [-0.3, -0.25) is 9.69 Å². The first kappa shape index (κ1) is 16.6. The minimum absolute atomic E-state index is 0.0546. The van der Waals surface area contributed by atoms with Gasteiger partial charge in [-0.25, -0.2) is 4.39 Å². The molecule has 0 spiro atoms. The summed E-state index contributed by atoms with van der Waals surface area (Å²) in [5, 5.41) is 2.74. The molecule has 3 rings (SSSR count). The monoisotopic (exact) mass is 327 g/mol. The van der Waals surface area contributed by atoms with Gasteiger partial charge in [0, 0.05) is 38.4 Å². The number of amides is 1. The van der Waals surface area contributed by atoms with Gasteiger partial charge in [-0.05, 0) is 36.9 Å². The second kappa shape index (κ2) is 7.55. The number of carbonyl (C=O) groups is 1. The second-order valence-corrected chi connectivity index (χ2v) is 6.21. The Kier molecular flexibility index (Phi) is 5.23. The molecule has 126 valence electrons. The van der Waals surface area contributed by atoms with Crippen LogP contribution in [0.25, 0.3) is 0 Å². The first-order valence-electron chi connectivity index (χ1n) is 8.17. The molecule has 1 N–H and O–H groups in total. The highest BCUT2D eigenvalue weighted by molar-refractivity contribution is 6.04. The van der Waals surface area contributed by atoms with Crippen LogP contribution in [0.15, 0.2) is 48.5 Å². The first-order chi connectivity index (χ1) is 11.6. The molecule has 1 amide bonds. The van der Waals surface area contributed by atoms with E-state index in [0.29, 0.717) is 5.69 Å². The average Bonchev–Trinajstić information content (AvgIpc) is 2.59. The normalized spacial score (nSPS) is 16.1. The van der Waals surface area contributed by atoms with Gasteiger partial charge < -0.3 is 10.2 Å². The molecule has 1 aliphatic heterocycles. The fourth-order valence-corrected chi connectivity index (χ4v) is 2.80. The quantitative estimate of drug-likeness (QED) is 0.938. The predicted molar refractivity (Wildman–Crippen MR) is 93.6 cm³/mol. The number of carbonyl (C=O) groups excluding carboxylic acids is 1. The highest BCUT2D eigenvalue weighted by atomic mass is 19.1. The van der Waals surface area contributed by atoms with Gasteiger partial charge in [0.25, 0.3) is 5.91 Å². The van der Waals surface area contributed by atoms with E-state index in [4.69, 9.17) is 0 Å². The summed E-state index contributed by atoms with van der Waals surface area (Å²) in [6.07, 6.45) is 0. The van der Waals surface area contributed by atoms with Gasteiger partial charge in [-0.15, -0.1) is 0 Å². The molecule has 0 bridgehead atoms. The summed E-state index contributed by atoms with van der Waals surface area (Å²) in [6, 6.07) is 13.7. The largest absolute Gasteiger partial charge is 0.322 e. The molecule has 1 heterocycles. The molecular formula is C19H22FN3O. The maximum absolute atomic E-state index is 13.6. The zero-order valence-electron chi connectivity index (χ0n) is 13.8. The molecule has 1 saturated heterocycles. The van der Waals surface area contributed by atoms with Crippen LogP contribution in [0.3, 0.4) is 0 Å². The lowest BCUT2D eigenvalue weighted by Gasteiger charge is -2.32. The highest BCUT2D eigenvalue weighted by Gasteiger charge is 2.14. The Labute approximate surface area is 141 Å². The third-order valence-corrected chi connectivity index (χ3v) is 4.33. The Morgan fingerprint density at radius 1 is 1.04 bits per heavy atom. The Morgan fingerprint density at radius 3 is 2.38 bits per heavy atom. The number of rotatable bonds is 4. The van der Waals surface area contributed by atoms with Gasteiger partial charge in [0.1, 0.15) is 5.82 Å². The van der Waals surface area contributed by atoms with E-state index in [-0.39, 0.29) is 5.56 Å². The van der Waals surface area contributed by atoms with Crippen molar-refractivity contribution < 1.29 is 9.18 Å². The summed E-state index contributed by atoms with van der Waals surface area (Å²) in [7, 11) is 2.14. The molecule has 0 aliphatic carbocycles. The maximum atomic E-state index is 13.6. The zero-order valence-corrected chi connectivity index (χ0v) is 13.8. The SMILES string of the molecule is CN1CCN(Cc2ccc(NC(=O)c3ccccc3F)cc2)CC1. The summed E-state index contributed by atoms with van der Waals surface area (Å²) in [4.78, 5) is 16.9. The van der Waals surface area contributed by atoms with Crippen LogP contribution in [0.5, 0.6) is 0 Å². The molecule has 2 aromatic carbocycles. The smallest absolute Gasteiger partial charge is 0.258 e. The lowest BCUT2D eigenvalue weighted by Crippen LogP contribution is -2.43. The van der Waals surface area contributed by atoms with Crippen LogP contribution in [-0.4, -0.2) is 48.9 Å². The van der Waals surface area contributed by atoms with Gasteiger partial charge in [0.2, 0.25) is 0 Å². The van der Waals surface area contributed by atoms with Crippen molar-refractivity contribution >= 4 is 11.6 Å². The van der Waals surface area contributed by atoms with E-state index in [1.165, 1.54) is 17.7 Å². The van der Waals surface area contributed by atoms with Crippen LogP contribution in [0, 0.1) is 5.82 Å². The number of halogens is 1. The highest BCUT2D eigenvalue weighted by Crippen LogP contribution is 2.15. The van der Waals surface area contributed by atoms with Crippen molar-refractivity contribution in [1.29, 1.82) is 0 Å². The van der Waals surface area contributed by atoms with Gasteiger partial charge in [-0.1, -0.05) is 24.3 Å². The first-order valence-corrected chi connectivity index (χ1v) is 8.17. The molecule has 0 aromatic heterocycles. The van der Waals surface area contributed by atoms with Crippen molar-refractivity contribution in [2.45, 2.75) is 6.54 Å². The Balaban J connectivity index is 1.58. The van der Waals surface area contributed by atoms with Crippen molar-refractivity contribution in [3.8, 4) is 0 Å². The Bertz CT molecular complexity index is 694. The molecular weight excluding hydrogens is 305 g/mol. The second-order valence-electron chi connectivity index (χ2n) is 6.21. The molecule has 0 saturated carbocycles. The molecule has 5 heteroatoms. The molecule has 2 aromatic rings. The molecule has 0 radical (unpaired) electrons. The van der Waals surface area contributed by atoms with Crippen LogP contribution >= 0.6 is 0 Å². The number of likely N-dealkylation sites (N-methyl/N-ethyl adjacent to an activating group) is 1. The van der Waals surface area contributed by atoms with Crippen molar-refractivity contribution in [2.24, 2.45) is 0 Å². The standard InChI is InChI=1S/C19H22FN3O/c1-22-10-12-23(13-11-22)14-15-6-8-16(9-7-15)21-19(24)17-4-2-3-5-18(17)20/h2-9H,10-14H2,1H3,(H,21,24). The van der Waals surface area contributed by atoms with Gasteiger partial charge >= 0.3 is 0 Å². The van der Waals surface area contributed by atoms with Gasteiger partial charge in [0.05, 0.1) is 5.56 Å². The van der Waals surface area contributed by atoms with Crippen molar-refractivity contribution in [3.05, 3.63) is 65.5 Å². The predicted octanol–water partition coefficient (Wildman–Crippen LogP) is 2.83. The van der Waals surface area contributed by atoms with E-state index in [9.17, 15) is 9.18 Å². The van der Waals surface area contributed by atoms with E-state index in [1.807, 2.05) is 24.3 Å². The van der Waals surface area contributed by atoms with Crippen LogP contribution in [-0.2, 0) is 6.54 Å². The fraction of sp³-hybridized carbons (Fsp3) is 0.316. The summed E-state index contributed by atoms with van der Waals surface area (Å²) in [5.41, 5.74) is 1.94. The van der Waals surface area contributed by atoms with E-state index in [2.05, 4.69) is 22.2 Å². The number of anilines is 1. The summed E-state index contributed by atoms with van der Waals surface area (Å²) in [5.74, 6) is -0.943. The van der Waals surface area contributed by atoms with Crippen LogP contribution in [0.2, 0.25) is 0 Å². The van der Waals surface area contributed by atoms with E-state index in [1.54, 1.807) is 12.1 Å². The minimum Gasteiger partial charge on any atom is -0.322 e. The number of nitrogens with one attached hydrogen (secondary N) is 1. The van der Waals surface area contributed by atoms with E-state index >= 15 is 0 Å². The number of hydrogen-bond acceptors (Lipinski definition) is 3. The van der Waals surface area contributed by atoms with Gasteiger partial charge in [-0.2, -0.15) is 0 Å². The molecule has 24 heavy (non-hydrogen) atoms. The van der Waals surface area contributed by atoms with Crippen LogP contribution in [0.4, 0.5) is 10.1 Å². The topological polar surface area (TPSA) is 35.6 Å². The van der Waals surface area contributed by atoms with Crippen molar-refractivity contribution in [3.63, 3.8) is 0 Å². The molecule has 0 unspecified atom stereocenters. The van der Waals surface area contributed by atoms with Crippen LogP contribution < -0.4 is 5.32 Å². The van der Waals surface area contributed by atoms with Crippen molar-refractivity contribution in [1.82, 2.24) is 9.80 Å². The van der Waals surface area contributed by atoms with E-state index < -0.39 is 11.7 Å². The summed E-state index contributed by atoms with van der Waals surface area (Å²) in [6.45, 7) is 5.24. The summed E-state index contributed by atoms with van der Waals surface area (Å²) < 4.78 is 13.6. The molecule has 4 nitrogen and oxygen atoms in total. The third kappa shape index (κ3) is 4.19. The molecule has 1 aliphatic rings. The number of benzene rings is 2. The Morgan fingerprint density at radius 2 is 1.71 bits per heavy atom. The average molecular weight is 327 g/mol. The number of hydrogen-bond donors (Lipinski definition) is 1. The Hall–Kier alpha value is -2.24. The fourth-order valence-electron chi connectivity index (χ4n) is 2.80. The maximum Gasteiger partial charge on any atom is 0.258 e. The van der Waals surface area contributed by atoms with E-state index in [0.717, 1.165) is 32.7 Å². The number of piperazine rings is 1. The molecule has 1 fully saturated rings. The third-order valence-electron chi connectivity index (χ3n) is 4.33. The summed E-state index contributed by atoms with van der Waals surface area (Å²) >= 11 is 0. The van der Waals surface area contributed by atoms with Gasteiger partial charge in [0.15, 0.2) is 0 Å².